The third-order valence-electron chi connectivity index (χ3n) is 16.0. The summed E-state index contributed by atoms with van der Waals surface area (Å²) in [6.07, 6.45) is -7.01. The Labute approximate surface area is 586 Å². The molecule has 2 atom stereocenters. The largest absolute Gasteiger partial charge is 0.416 e. The molecule has 2 aromatic heterocycles. The van der Waals surface area contributed by atoms with Gasteiger partial charge >= 0.3 is 12.4 Å². The zero-order valence-corrected chi connectivity index (χ0v) is 54.8. The van der Waals surface area contributed by atoms with E-state index in [0.717, 1.165) is 85.0 Å². The van der Waals surface area contributed by atoms with Crippen LogP contribution in [-0.4, -0.2) is 103 Å². The Morgan fingerprint density at radius 3 is 1.26 bits per heavy atom. The molecule has 10 rings (SSSR count). The van der Waals surface area contributed by atoms with Gasteiger partial charge in [-0.1, -0.05) is 148 Å². The van der Waals surface area contributed by atoms with Gasteiger partial charge in [-0.3, -0.25) is 19.2 Å². The van der Waals surface area contributed by atoms with Gasteiger partial charge in [-0.15, -0.1) is 0 Å². The highest BCUT2D eigenvalue weighted by Crippen LogP contribution is 2.36. The van der Waals surface area contributed by atoms with Crippen molar-refractivity contribution in [1.29, 1.82) is 0 Å². The van der Waals surface area contributed by atoms with Gasteiger partial charge in [-0.05, 0) is 171 Å². The van der Waals surface area contributed by atoms with Crippen molar-refractivity contribution in [2.24, 2.45) is 0 Å². The maximum atomic E-state index is 15.0. The molecular weight excluding hydrogens is 1280 g/mol. The van der Waals surface area contributed by atoms with Crippen LogP contribution < -0.4 is 11.1 Å². The molecule has 0 fully saturated rings. The first-order chi connectivity index (χ1) is 51.7. The Morgan fingerprint density at radius 2 is 0.875 bits per heavy atom. The summed E-state index contributed by atoms with van der Waals surface area (Å²) in [5.41, 5.74) is 0.981. The van der Waals surface area contributed by atoms with Gasteiger partial charge in [0.1, 0.15) is 24.7 Å². The lowest BCUT2D eigenvalue weighted by Crippen LogP contribution is -2.42. The molecule has 0 saturated carbocycles. The monoisotopic (exact) mass is 1380 g/mol. The van der Waals surface area contributed by atoms with Crippen molar-refractivity contribution < 1.29 is 66.6 Å². The summed E-state index contributed by atoms with van der Waals surface area (Å²) in [4.78, 5) is 66.0. The lowest BCUT2D eigenvalue weighted by atomic mass is 9.99. The van der Waals surface area contributed by atoms with Crippen molar-refractivity contribution in [2.75, 3.05) is 52.1 Å². The first-order valence-electron chi connectivity index (χ1n) is 38.6. The summed E-state index contributed by atoms with van der Waals surface area (Å²) in [6, 6.07) is 25.8. The van der Waals surface area contributed by atoms with Gasteiger partial charge in [0.15, 0.2) is 10.3 Å². The van der Waals surface area contributed by atoms with E-state index >= 15 is 0 Å². The number of hydrogen-bond donors (Lipinski definition) is 0. The van der Waals surface area contributed by atoms with Gasteiger partial charge in [0.25, 0.3) is 11.1 Å². The predicted octanol–water partition coefficient (Wildman–Crippen LogP) is 15.6. The van der Waals surface area contributed by atoms with Gasteiger partial charge in [0, 0.05) is 71.0 Å². The van der Waals surface area contributed by atoms with E-state index in [9.17, 15) is 65.3 Å². The summed E-state index contributed by atoms with van der Waals surface area (Å²) >= 11 is 1.95. The number of carbonyl (C=O) groups excluding carboxylic acids is 2. The molecule has 0 aliphatic heterocycles. The first-order valence-corrected chi connectivity index (χ1v) is 32.5. The van der Waals surface area contributed by atoms with E-state index in [0.29, 0.717) is 70.3 Å². The second-order valence-corrected chi connectivity index (χ2v) is 24.0. The van der Waals surface area contributed by atoms with Crippen molar-refractivity contribution in [3.63, 3.8) is 0 Å². The Balaban J connectivity index is 0.000000257. The molecule has 0 N–H and O–H groups in total. The van der Waals surface area contributed by atoms with Crippen LogP contribution in [0.5, 0.6) is 0 Å². The number of halogens is 8. The summed E-state index contributed by atoms with van der Waals surface area (Å²) < 4.78 is 253. The van der Waals surface area contributed by atoms with Crippen molar-refractivity contribution in [2.45, 2.75) is 139 Å². The molecule has 2 unspecified atom stereocenters. The van der Waals surface area contributed by atoms with Gasteiger partial charge in [-0.25, -0.2) is 8.78 Å². The number of hydrogen-bond acceptors (Lipinski definition) is 10. The number of fused-ring (bicyclic) bond motifs is 2. The van der Waals surface area contributed by atoms with Crippen LogP contribution in [0.15, 0.2) is 165 Å². The first kappa shape index (κ1) is 53.2. The van der Waals surface area contributed by atoms with Crippen LogP contribution in [0, 0.1) is 11.6 Å². The molecule has 6 aromatic carbocycles. The molecule has 508 valence electrons. The second kappa shape index (κ2) is 32.9. The molecular formula is C74H80F8N8O4S2. The van der Waals surface area contributed by atoms with Crippen LogP contribution in [0.25, 0.3) is 22.3 Å². The van der Waals surface area contributed by atoms with E-state index in [4.69, 9.17) is 11.0 Å². The van der Waals surface area contributed by atoms with Crippen molar-refractivity contribution in [3.05, 3.63) is 234 Å². The molecule has 22 heteroatoms. The molecule has 0 bridgehead atoms. The quantitative estimate of drug-likeness (QED) is 0.0295. The summed E-state index contributed by atoms with van der Waals surface area (Å²) in [5, 5.41) is -0.168. The third kappa shape index (κ3) is 18.4. The molecule has 8 aromatic rings. The Morgan fingerprint density at radius 1 is 0.510 bits per heavy atom. The minimum Gasteiger partial charge on any atom is -0.333 e. The average molecular weight is 1380 g/mol. The van der Waals surface area contributed by atoms with Crippen LogP contribution in [0.1, 0.15) is 144 Å². The number of rotatable bonds is 26. The highest BCUT2D eigenvalue weighted by molar-refractivity contribution is 7.98. The molecule has 2 amide bonds. The number of likely N-dealkylation sites (N-methyl/N-ethyl adjacent to an activating group) is 2. The maximum absolute atomic E-state index is 15.0. The van der Waals surface area contributed by atoms with E-state index in [2.05, 4.69) is 9.97 Å². The molecule has 0 saturated heterocycles. The summed E-state index contributed by atoms with van der Waals surface area (Å²) in [6.45, 7) is -16.3. The number of carbonyl (C=O) groups is 2. The average Bonchev–Trinajstić information content (AvgIpc) is 0.818. The van der Waals surface area contributed by atoms with Crippen LogP contribution in [-0.2, 0) is 72.2 Å². The highest BCUT2D eigenvalue weighted by atomic mass is 32.2. The molecule has 2 heterocycles. The van der Waals surface area contributed by atoms with Crippen molar-refractivity contribution >= 4 is 35.3 Å². The number of benzene rings is 6. The maximum Gasteiger partial charge on any atom is 0.416 e. The number of amides is 2. The number of thioether (sulfide) groups is 2. The number of alkyl halides is 6. The zero-order valence-electron chi connectivity index (χ0n) is 69.2. The predicted molar refractivity (Wildman–Crippen MR) is 363 cm³/mol. The fourth-order valence-corrected chi connectivity index (χ4v) is 12.5. The van der Waals surface area contributed by atoms with Gasteiger partial charge in [0.05, 0.1) is 34.1 Å². The normalized spacial score (nSPS) is 17.7. The minimum absolute atomic E-state index is 0.00418. The fourth-order valence-electron chi connectivity index (χ4n) is 10.6. The van der Waals surface area contributed by atoms with E-state index in [1.54, 1.807) is 13.8 Å². The number of nitrogens with zero attached hydrogens (tertiary/aromatic N) is 8. The van der Waals surface area contributed by atoms with Crippen LogP contribution in [0.2, 0.25) is 0 Å². The second-order valence-electron chi connectivity index (χ2n) is 22.1. The number of aromatic nitrogens is 4. The summed E-state index contributed by atoms with van der Waals surface area (Å²) in [5.74, 6) is -3.50. The van der Waals surface area contributed by atoms with Gasteiger partial charge in [0.2, 0.25) is 11.8 Å². The smallest absolute Gasteiger partial charge is 0.333 e. The van der Waals surface area contributed by atoms with E-state index in [1.807, 2.05) is 0 Å². The van der Waals surface area contributed by atoms with E-state index < -0.39 is 122 Å². The van der Waals surface area contributed by atoms with E-state index in [-0.39, 0.29) is 84.8 Å². The lowest BCUT2D eigenvalue weighted by Gasteiger charge is -2.33. The van der Waals surface area contributed by atoms with Crippen molar-refractivity contribution in [3.8, 4) is 22.3 Å². The SMILES string of the molecule is [2H]C(C)(c1ccc(-c2ccc(C(F)(F)F)cc2)cc1)N(C(=O)C([2H])([2H])n1c(SCc2ccc(F)cc2)nc(=O)c2c1CCC2)C([2H])([2H])C([2H])([2H])N(CC)CC.[2H]C([2H])(C)N(C([2H])([2H])C)C([2H])([2H])C([2H])([2H])N(C(=O)Cn1c(SCc2ccc(F)cc2)nc(=O)c2c1CCC2)C([2H])(C)c1ccc(-c2ccc(C(F)(F)F)cc2)cc1. The summed E-state index contributed by atoms with van der Waals surface area (Å²) in [7, 11) is 0. The topological polar surface area (TPSA) is 117 Å². The molecule has 12 nitrogen and oxygen atoms in total. The van der Waals surface area contributed by atoms with Gasteiger partial charge in [-0.2, -0.15) is 36.3 Å². The van der Waals surface area contributed by atoms with Crippen LogP contribution in [0.3, 0.4) is 0 Å². The van der Waals surface area contributed by atoms with Crippen LogP contribution in [0.4, 0.5) is 35.1 Å². The standard InChI is InChI=1S/2C37H40F4N4O2S/c2*1-4-43(5-2)21-22-44(25(3)27-11-13-28(14-12-27)29-15-17-30(18-16-29)37(39,40)41)34(46)23-45-33-8-6-7-32(33)35(47)42-36(45)48-24-26-9-19-31(38)20-10-26/h2*9-20,25H,4-8,21-24H2,1-3H3/i4D2,5D2,21D2,22D2,25D;21D2,22D2,23D2,25D. The molecule has 2 aliphatic rings. The highest BCUT2D eigenvalue weighted by Gasteiger charge is 2.33. The lowest BCUT2D eigenvalue weighted by molar-refractivity contribution is -0.138. The molecule has 0 spiro atoms. The molecule has 0 radical (unpaired) electrons. The van der Waals surface area contributed by atoms with Gasteiger partial charge < -0.3 is 28.7 Å². The Kier molecular flexibility index (Phi) is 18.2. The Bertz CT molecular complexity index is 4830. The van der Waals surface area contributed by atoms with Crippen molar-refractivity contribution in [1.82, 2.24) is 38.7 Å². The zero-order chi connectivity index (χ0) is 83.2. The van der Waals surface area contributed by atoms with Crippen LogP contribution >= 0.6 is 23.5 Å². The Hall–Kier alpha value is -7.92. The fraction of sp³-hybridized carbons (Fsp3) is 0.378. The van der Waals surface area contributed by atoms with E-state index in [1.165, 1.54) is 126 Å². The molecule has 2 aliphatic carbocycles. The molecule has 96 heavy (non-hydrogen) atoms. The minimum atomic E-state index is -4.56. The third-order valence-corrected chi connectivity index (χ3v) is 18.1.